The monoisotopic (exact) mass is 777 g/mol. The lowest BCUT2D eigenvalue weighted by Crippen LogP contribution is -2.67. The van der Waals surface area contributed by atoms with Gasteiger partial charge in [0, 0.05) is 60.2 Å². The summed E-state index contributed by atoms with van der Waals surface area (Å²) in [6.45, 7) is 0.942. The Balaban J connectivity index is 1.18. The van der Waals surface area contributed by atoms with Gasteiger partial charge in [-0.2, -0.15) is 0 Å². The second-order valence-corrected chi connectivity index (χ2v) is 17.0. The number of likely N-dealkylation sites (tertiary alicyclic amines) is 3. The maximum Gasteiger partial charge on any atom is 0.250 e. The first kappa shape index (κ1) is 35.7. The van der Waals surface area contributed by atoms with Crippen molar-refractivity contribution in [3.05, 3.63) is 161 Å². The van der Waals surface area contributed by atoms with Crippen molar-refractivity contribution < 1.29 is 19.2 Å². The quantitative estimate of drug-likeness (QED) is 0.185. The molecule has 0 aliphatic carbocycles. The molecular formula is C50H43N5O4. The van der Waals surface area contributed by atoms with Crippen molar-refractivity contribution in [2.75, 3.05) is 50.9 Å². The van der Waals surface area contributed by atoms with Crippen LogP contribution in [-0.4, -0.2) is 78.5 Å². The number of carbonyl (C=O) groups excluding carboxylic acids is 4. The average Bonchev–Trinajstić information content (AvgIpc) is 3.95. The van der Waals surface area contributed by atoms with Gasteiger partial charge in [-0.1, -0.05) is 121 Å². The second kappa shape index (κ2) is 12.8. The molecule has 0 radical (unpaired) electrons. The number of ketones is 1. The van der Waals surface area contributed by atoms with E-state index in [0.29, 0.717) is 36.5 Å². The molecule has 3 saturated heterocycles. The number of nitrogens with one attached hydrogen (secondary N) is 2. The summed E-state index contributed by atoms with van der Waals surface area (Å²) in [7, 11) is 3.86. The van der Waals surface area contributed by atoms with Crippen molar-refractivity contribution in [2.45, 2.75) is 23.4 Å². The van der Waals surface area contributed by atoms with Gasteiger partial charge < -0.3 is 15.5 Å². The molecule has 59 heavy (non-hydrogen) atoms. The Morgan fingerprint density at radius 1 is 0.678 bits per heavy atom. The van der Waals surface area contributed by atoms with Gasteiger partial charge in [0.25, 0.3) is 5.91 Å². The summed E-state index contributed by atoms with van der Waals surface area (Å²) in [6, 6.07) is 43.8. The van der Waals surface area contributed by atoms with Gasteiger partial charge in [-0.3, -0.25) is 29.0 Å². The molecule has 292 valence electrons. The smallest absolute Gasteiger partial charge is 0.250 e. The van der Waals surface area contributed by atoms with Crippen LogP contribution in [0, 0.1) is 11.3 Å². The maximum atomic E-state index is 16.4. The molecule has 5 aliphatic rings. The number of para-hydroxylation sites is 2. The number of fused-ring (bicyclic) bond motifs is 7. The van der Waals surface area contributed by atoms with Crippen molar-refractivity contribution >= 4 is 62.5 Å². The number of hydrogen-bond donors (Lipinski definition) is 2. The predicted octanol–water partition coefficient (Wildman–Crippen LogP) is 7.15. The number of nitrogens with zero attached hydrogens (tertiary/aromatic N) is 3. The normalized spacial score (nSPS) is 28.3. The number of likely N-dealkylation sites (N-methyl/N-ethyl adjacent to an activating group) is 2. The highest BCUT2D eigenvalue weighted by molar-refractivity contribution is 6.17. The minimum absolute atomic E-state index is 0.0168. The Bertz CT molecular complexity index is 2840. The summed E-state index contributed by atoms with van der Waals surface area (Å²) >= 11 is 0. The SMILES string of the molecule is CN1CC[C@@H](C(=O)N2C/C(=C\c3cccc4ccccc34)C(=O)[C@@]3(C2)[C@H](c2cccc4ccccc24)CN(C)[C@]32C(=O)Nc3ccccc32)[C@@]12C(=O)Nc1ccccc12. The van der Waals surface area contributed by atoms with Gasteiger partial charge in [0.2, 0.25) is 11.8 Å². The molecule has 9 nitrogen and oxygen atoms in total. The van der Waals surface area contributed by atoms with Gasteiger partial charge >= 0.3 is 0 Å². The minimum Gasteiger partial charge on any atom is -0.337 e. The van der Waals surface area contributed by atoms with Crippen LogP contribution in [0.4, 0.5) is 11.4 Å². The van der Waals surface area contributed by atoms with E-state index < -0.39 is 28.3 Å². The van der Waals surface area contributed by atoms with Gasteiger partial charge in [0.15, 0.2) is 5.78 Å². The number of hydrogen-bond acceptors (Lipinski definition) is 6. The first-order valence-electron chi connectivity index (χ1n) is 20.4. The Morgan fingerprint density at radius 3 is 2.07 bits per heavy atom. The lowest BCUT2D eigenvalue weighted by Gasteiger charge is -2.52. The standard InChI is InChI=1S/C50H43N5O4/c1-53-26-25-40(49(53)38-21-7-9-23-42(38)51-46(49)58)45(57)55-28-34(27-33-17-11-15-31-13-3-5-18-35(31)33)44(56)48(30-55)41(37-20-12-16-32-14-4-6-19-36(32)37)29-54(2)50(48)39-22-8-10-24-43(39)52-47(50)59/h3-24,27,40-41H,25-26,28-30H2,1-2H3,(H,51,58)(H,52,59)/b34-27+/t40-,41-,48+,49-,50+/m0/s1. The number of rotatable bonds is 3. The van der Waals surface area contributed by atoms with Crippen molar-refractivity contribution in [3.8, 4) is 0 Å². The lowest BCUT2D eigenvalue weighted by molar-refractivity contribution is -0.155. The molecule has 6 aromatic rings. The third-order valence-electron chi connectivity index (χ3n) is 14.4. The van der Waals surface area contributed by atoms with Crippen LogP contribution < -0.4 is 10.6 Å². The fourth-order valence-electron chi connectivity index (χ4n) is 12.0. The Labute approximate surface area is 342 Å². The van der Waals surface area contributed by atoms with E-state index in [-0.39, 0.29) is 36.6 Å². The largest absolute Gasteiger partial charge is 0.337 e. The van der Waals surface area contributed by atoms with Crippen LogP contribution in [0.5, 0.6) is 0 Å². The molecule has 9 heteroatoms. The molecular weight excluding hydrogens is 735 g/mol. The van der Waals surface area contributed by atoms with Crippen LogP contribution in [0.1, 0.15) is 34.6 Å². The summed E-state index contributed by atoms with van der Waals surface area (Å²) in [5.41, 5.74) is 0.962. The van der Waals surface area contributed by atoms with E-state index in [1.807, 2.05) is 127 Å². The Hall–Kier alpha value is -6.42. The number of piperidine rings is 1. The second-order valence-electron chi connectivity index (χ2n) is 17.0. The third kappa shape index (κ3) is 4.57. The van der Waals surface area contributed by atoms with Crippen LogP contribution in [0.2, 0.25) is 0 Å². The fourth-order valence-corrected chi connectivity index (χ4v) is 12.0. The van der Waals surface area contributed by atoms with Gasteiger partial charge in [-0.25, -0.2) is 0 Å². The highest BCUT2D eigenvalue weighted by Crippen LogP contribution is 2.65. The summed E-state index contributed by atoms with van der Waals surface area (Å²) < 4.78 is 0. The Morgan fingerprint density at radius 2 is 1.29 bits per heavy atom. The summed E-state index contributed by atoms with van der Waals surface area (Å²) in [5, 5.41) is 10.3. The van der Waals surface area contributed by atoms with Crippen molar-refractivity contribution in [1.82, 2.24) is 14.7 Å². The number of anilines is 2. The van der Waals surface area contributed by atoms with E-state index in [1.165, 1.54) is 0 Å². The molecule has 0 bridgehead atoms. The summed E-state index contributed by atoms with van der Waals surface area (Å²) in [4.78, 5) is 67.7. The lowest BCUT2D eigenvalue weighted by atomic mass is 9.55. The molecule has 0 saturated carbocycles. The summed E-state index contributed by atoms with van der Waals surface area (Å²) in [5.74, 6) is -2.10. The highest BCUT2D eigenvalue weighted by atomic mass is 16.2. The third-order valence-corrected chi connectivity index (χ3v) is 14.4. The predicted molar refractivity (Wildman–Crippen MR) is 230 cm³/mol. The van der Waals surface area contributed by atoms with E-state index >= 15 is 14.4 Å². The van der Waals surface area contributed by atoms with Crippen LogP contribution in [0.3, 0.4) is 0 Å². The number of amides is 3. The van der Waals surface area contributed by atoms with E-state index in [2.05, 4.69) is 51.9 Å². The van der Waals surface area contributed by atoms with E-state index in [0.717, 1.165) is 43.8 Å². The zero-order valence-corrected chi connectivity index (χ0v) is 32.9. The van der Waals surface area contributed by atoms with Crippen LogP contribution in [-0.2, 0) is 30.3 Å². The first-order valence-corrected chi connectivity index (χ1v) is 20.4. The van der Waals surface area contributed by atoms with Crippen molar-refractivity contribution in [2.24, 2.45) is 11.3 Å². The summed E-state index contributed by atoms with van der Waals surface area (Å²) in [6.07, 6.45) is 2.41. The van der Waals surface area contributed by atoms with Crippen LogP contribution in [0.15, 0.2) is 139 Å². The molecule has 2 N–H and O–H groups in total. The van der Waals surface area contributed by atoms with E-state index in [1.54, 1.807) is 0 Å². The number of carbonyl (C=O) groups is 4. The van der Waals surface area contributed by atoms with Crippen LogP contribution in [0.25, 0.3) is 27.6 Å². The van der Waals surface area contributed by atoms with Crippen molar-refractivity contribution in [1.29, 1.82) is 0 Å². The zero-order chi connectivity index (χ0) is 40.3. The molecule has 5 aliphatic heterocycles. The molecule has 0 aromatic heterocycles. The topological polar surface area (TPSA) is 102 Å². The maximum absolute atomic E-state index is 16.4. The van der Waals surface area contributed by atoms with Gasteiger partial charge in [-0.15, -0.1) is 0 Å². The van der Waals surface area contributed by atoms with Crippen LogP contribution >= 0.6 is 0 Å². The molecule has 5 heterocycles. The van der Waals surface area contributed by atoms with E-state index in [9.17, 15) is 4.79 Å². The molecule has 0 unspecified atom stereocenters. The Kier molecular flexibility index (Phi) is 7.74. The van der Waals surface area contributed by atoms with Crippen molar-refractivity contribution in [3.63, 3.8) is 0 Å². The zero-order valence-electron chi connectivity index (χ0n) is 32.9. The molecule has 5 atom stereocenters. The number of benzene rings is 6. The first-order chi connectivity index (χ1) is 28.7. The number of Topliss-reactive ketones (excluding diaryl/α,β-unsaturated/α-hetero) is 1. The van der Waals surface area contributed by atoms with Gasteiger partial charge in [0.1, 0.15) is 11.1 Å². The van der Waals surface area contributed by atoms with Gasteiger partial charge in [-0.05, 0) is 71.4 Å². The average molecular weight is 778 g/mol. The van der Waals surface area contributed by atoms with E-state index in [4.69, 9.17) is 0 Å². The minimum atomic E-state index is -1.49. The molecule has 6 aromatic carbocycles. The molecule has 11 rings (SSSR count). The fraction of sp³-hybridized carbons (Fsp3) is 0.240. The molecule has 3 spiro atoms. The highest BCUT2D eigenvalue weighted by Gasteiger charge is 2.75. The molecule has 3 amide bonds. The van der Waals surface area contributed by atoms with Gasteiger partial charge in [0.05, 0.1) is 11.3 Å². The molecule has 3 fully saturated rings.